The molecule has 0 radical (unpaired) electrons. The molecular weight excluding hydrogens is 332 g/mol. The van der Waals surface area contributed by atoms with E-state index < -0.39 is 5.60 Å². The Balaban J connectivity index is 1.68. The Morgan fingerprint density at radius 2 is 1.85 bits per heavy atom. The fourth-order valence-corrected chi connectivity index (χ4v) is 2.66. The molecule has 142 valence electrons. The lowest BCUT2D eigenvalue weighted by Crippen LogP contribution is -2.36. The number of pyridine rings is 1. The number of carbonyl (C=O) groups excluding carboxylic acids is 1. The Morgan fingerprint density at radius 3 is 2.54 bits per heavy atom. The number of ether oxygens (including phenoxy) is 2. The van der Waals surface area contributed by atoms with Gasteiger partial charge in [0, 0.05) is 24.6 Å². The number of aryl methyl sites for hydroxylation is 2. The van der Waals surface area contributed by atoms with Gasteiger partial charge in [-0.3, -0.25) is 4.98 Å². The largest absolute Gasteiger partial charge is 0.467 e. The molecule has 6 nitrogen and oxygen atoms in total. The third-order valence-electron chi connectivity index (χ3n) is 4.27. The molecule has 6 heteroatoms. The molecule has 0 aliphatic rings. The van der Waals surface area contributed by atoms with E-state index in [9.17, 15) is 4.79 Å². The summed E-state index contributed by atoms with van der Waals surface area (Å²) in [5.41, 5.74) is 1.08. The standard InChI is InChI=1S/C20H28N2O4/c1-15-17(22-18(26-15)16-10-12-21-13-11-16)9-7-5-6-8-14-25-20(2,3)19(23)24-4/h10-13H,5-9,14H2,1-4H3. The Bertz CT molecular complexity index is 695. The molecule has 0 amide bonds. The number of hydrogen-bond acceptors (Lipinski definition) is 6. The summed E-state index contributed by atoms with van der Waals surface area (Å²) in [6.45, 7) is 5.96. The molecule has 2 heterocycles. The minimum absolute atomic E-state index is 0.344. The van der Waals surface area contributed by atoms with Gasteiger partial charge in [0.1, 0.15) is 5.76 Å². The third kappa shape index (κ3) is 5.66. The molecule has 0 bridgehead atoms. The fourth-order valence-electron chi connectivity index (χ4n) is 2.66. The zero-order valence-corrected chi connectivity index (χ0v) is 16.1. The first-order valence-electron chi connectivity index (χ1n) is 9.03. The Hall–Kier alpha value is -2.21. The van der Waals surface area contributed by atoms with Crippen molar-refractivity contribution in [1.29, 1.82) is 0 Å². The van der Waals surface area contributed by atoms with Crippen LogP contribution in [0.2, 0.25) is 0 Å². The van der Waals surface area contributed by atoms with Crippen LogP contribution in [0, 0.1) is 6.92 Å². The molecule has 2 rings (SSSR count). The van der Waals surface area contributed by atoms with Gasteiger partial charge in [0.25, 0.3) is 0 Å². The molecule has 0 spiro atoms. The topological polar surface area (TPSA) is 74.5 Å². The number of methoxy groups -OCH3 is 1. The first-order chi connectivity index (χ1) is 12.4. The maximum Gasteiger partial charge on any atom is 0.337 e. The van der Waals surface area contributed by atoms with Crippen LogP contribution >= 0.6 is 0 Å². The molecule has 2 aromatic heterocycles. The van der Waals surface area contributed by atoms with Gasteiger partial charge in [-0.25, -0.2) is 9.78 Å². The number of hydrogen-bond donors (Lipinski definition) is 0. The van der Waals surface area contributed by atoms with Gasteiger partial charge in [-0.05, 0) is 52.2 Å². The molecule has 0 aliphatic carbocycles. The molecule has 2 aromatic rings. The van der Waals surface area contributed by atoms with Crippen molar-refractivity contribution in [2.45, 2.75) is 58.5 Å². The summed E-state index contributed by atoms with van der Waals surface area (Å²) in [5, 5.41) is 0. The average Bonchev–Trinajstić information content (AvgIpc) is 3.01. The summed E-state index contributed by atoms with van der Waals surface area (Å²) in [6.07, 6.45) is 8.46. The summed E-state index contributed by atoms with van der Waals surface area (Å²) in [4.78, 5) is 20.1. The Kier molecular flexibility index (Phi) is 7.33. The van der Waals surface area contributed by atoms with Crippen LogP contribution in [-0.4, -0.2) is 35.3 Å². The maximum absolute atomic E-state index is 11.5. The van der Waals surface area contributed by atoms with Crippen molar-refractivity contribution in [3.63, 3.8) is 0 Å². The second-order valence-electron chi connectivity index (χ2n) is 6.77. The molecule has 26 heavy (non-hydrogen) atoms. The van der Waals surface area contributed by atoms with Crippen molar-refractivity contribution < 1.29 is 18.7 Å². The lowest BCUT2D eigenvalue weighted by atomic mass is 10.1. The molecule has 0 fully saturated rings. The van der Waals surface area contributed by atoms with Crippen molar-refractivity contribution in [2.24, 2.45) is 0 Å². The van der Waals surface area contributed by atoms with Crippen LogP contribution in [-0.2, 0) is 20.7 Å². The Morgan fingerprint density at radius 1 is 1.15 bits per heavy atom. The second-order valence-corrected chi connectivity index (χ2v) is 6.77. The van der Waals surface area contributed by atoms with E-state index in [0.717, 1.165) is 49.1 Å². The number of nitrogens with zero attached hydrogens (tertiary/aromatic N) is 2. The average molecular weight is 360 g/mol. The molecule has 0 N–H and O–H groups in total. The predicted octanol–water partition coefficient (Wildman–Crippen LogP) is 4.12. The van der Waals surface area contributed by atoms with Gasteiger partial charge >= 0.3 is 5.97 Å². The lowest BCUT2D eigenvalue weighted by Gasteiger charge is -2.22. The predicted molar refractivity (Wildman–Crippen MR) is 98.7 cm³/mol. The number of esters is 1. The number of rotatable bonds is 10. The Labute approximate surface area is 154 Å². The molecular formula is C20H28N2O4. The quantitative estimate of drug-likeness (QED) is 0.469. The molecule has 0 unspecified atom stereocenters. The fraction of sp³-hybridized carbons (Fsp3) is 0.550. The van der Waals surface area contributed by atoms with E-state index in [1.165, 1.54) is 7.11 Å². The molecule has 0 atom stereocenters. The molecule has 0 aromatic carbocycles. The summed E-state index contributed by atoms with van der Waals surface area (Å²) in [6, 6.07) is 3.79. The lowest BCUT2D eigenvalue weighted by molar-refractivity contribution is -0.165. The van der Waals surface area contributed by atoms with Gasteiger partial charge in [-0.1, -0.05) is 12.8 Å². The summed E-state index contributed by atoms with van der Waals surface area (Å²) in [5.74, 6) is 1.18. The highest BCUT2D eigenvalue weighted by Gasteiger charge is 2.29. The van der Waals surface area contributed by atoms with E-state index in [-0.39, 0.29) is 5.97 Å². The van der Waals surface area contributed by atoms with Crippen LogP contribution in [0.4, 0.5) is 0 Å². The van der Waals surface area contributed by atoms with Gasteiger partial charge in [-0.15, -0.1) is 0 Å². The minimum atomic E-state index is -0.879. The van der Waals surface area contributed by atoms with Crippen molar-refractivity contribution in [3.8, 4) is 11.5 Å². The van der Waals surface area contributed by atoms with Crippen molar-refractivity contribution >= 4 is 5.97 Å². The van der Waals surface area contributed by atoms with Crippen LogP contribution in [0.25, 0.3) is 11.5 Å². The van der Waals surface area contributed by atoms with E-state index in [0.29, 0.717) is 12.5 Å². The highest BCUT2D eigenvalue weighted by molar-refractivity contribution is 5.78. The highest BCUT2D eigenvalue weighted by Crippen LogP contribution is 2.22. The van der Waals surface area contributed by atoms with Crippen molar-refractivity contribution in [1.82, 2.24) is 9.97 Å². The highest BCUT2D eigenvalue weighted by atomic mass is 16.6. The number of aromatic nitrogens is 2. The van der Waals surface area contributed by atoms with Crippen molar-refractivity contribution in [3.05, 3.63) is 36.0 Å². The first kappa shape index (κ1) is 20.1. The van der Waals surface area contributed by atoms with E-state index in [1.54, 1.807) is 26.2 Å². The normalized spacial score (nSPS) is 11.5. The number of unbranched alkanes of at least 4 members (excludes halogenated alkanes) is 3. The van der Waals surface area contributed by atoms with E-state index in [2.05, 4.69) is 9.97 Å². The van der Waals surface area contributed by atoms with Crippen LogP contribution < -0.4 is 0 Å². The van der Waals surface area contributed by atoms with Gasteiger partial charge in [0.15, 0.2) is 5.60 Å². The zero-order valence-electron chi connectivity index (χ0n) is 16.1. The zero-order chi connectivity index (χ0) is 19.0. The van der Waals surface area contributed by atoms with Gasteiger partial charge < -0.3 is 13.9 Å². The summed E-state index contributed by atoms with van der Waals surface area (Å²) < 4.78 is 16.1. The molecule has 0 aliphatic heterocycles. The number of carbonyl (C=O) groups is 1. The van der Waals surface area contributed by atoms with Gasteiger partial charge in [-0.2, -0.15) is 0 Å². The molecule has 0 saturated carbocycles. The van der Waals surface area contributed by atoms with E-state index >= 15 is 0 Å². The van der Waals surface area contributed by atoms with Crippen LogP contribution in [0.5, 0.6) is 0 Å². The van der Waals surface area contributed by atoms with Gasteiger partial charge in [0.05, 0.1) is 12.8 Å². The van der Waals surface area contributed by atoms with E-state index in [1.807, 2.05) is 19.1 Å². The second kappa shape index (κ2) is 9.48. The van der Waals surface area contributed by atoms with Gasteiger partial charge in [0.2, 0.25) is 5.89 Å². The monoisotopic (exact) mass is 360 g/mol. The van der Waals surface area contributed by atoms with Crippen LogP contribution in [0.1, 0.15) is 51.0 Å². The summed E-state index contributed by atoms with van der Waals surface area (Å²) in [7, 11) is 1.37. The van der Waals surface area contributed by atoms with Crippen LogP contribution in [0.3, 0.4) is 0 Å². The van der Waals surface area contributed by atoms with Crippen LogP contribution in [0.15, 0.2) is 28.9 Å². The first-order valence-corrected chi connectivity index (χ1v) is 9.03. The summed E-state index contributed by atoms with van der Waals surface area (Å²) >= 11 is 0. The third-order valence-corrected chi connectivity index (χ3v) is 4.27. The molecule has 0 saturated heterocycles. The van der Waals surface area contributed by atoms with E-state index in [4.69, 9.17) is 13.9 Å². The number of oxazole rings is 1. The van der Waals surface area contributed by atoms with Crippen molar-refractivity contribution in [2.75, 3.05) is 13.7 Å². The smallest absolute Gasteiger partial charge is 0.337 e. The minimum Gasteiger partial charge on any atom is -0.467 e. The maximum atomic E-state index is 11.5. The SMILES string of the molecule is COC(=O)C(C)(C)OCCCCCCc1nc(-c2ccncc2)oc1C.